The molecule has 1 heterocycles. The Kier molecular flexibility index (Phi) is 7.02. The molecule has 1 amide bonds. The number of rotatable bonds is 0. The number of carbonyl (C=O) groups is 1. The molecule has 4 rings (SSSR count). The van der Waals surface area contributed by atoms with E-state index < -0.39 is 0 Å². The Balaban J connectivity index is 0.000000570. The summed E-state index contributed by atoms with van der Waals surface area (Å²) >= 11 is 0. The fourth-order valence-electron chi connectivity index (χ4n) is 4.37. The van der Waals surface area contributed by atoms with Gasteiger partial charge in [0, 0.05) is 25.4 Å². The van der Waals surface area contributed by atoms with Crippen LogP contribution >= 0.6 is 0 Å². The van der Waals surface area contributed by atoms with Gasteiger partial charge in [0.05, 0.1) is 0 Å². The molecule has 2 aromatic rings. The minimum Gasteiger partial charge on any atom is -0.343 e. The van der Waals surface area contributed by atoms with E-state index in [0.29, 0.717) is 0 Å². The van der Waals surface area contributed by atoms with E-state index in [1.54, 1.807) is 6.92 Å². The third kappa shape index (κ3) is 3.56. The molecule has 0 saturated carbocycles. The number of hydrogen-bond acceptors (Lipinski definition) is 1. The van der Waals surface area contributed by atoms with E-state index in [1.807, 2.05) is 32.6 Å². The molecule has 0 atom stereocenters. The average Bonchev–Trinajstić information content (AvgIpc) is 2.72. The number of amides is 1. The van der Waals surface area contributed by atoms with Crippen molar-refractivity contribution in [2.75, 3.05) is 13.1 Å². The Morgan fingerprint density at radius 3 is 1.65 bits per heavy atom. The lowest BCUT2D eigenvalue weighted by atomic mass is 9.62. The number of likely N-dealkylation sites (tertiary alicyclic amines) is 1. The molecule has 1 saturated heterocycles. The third-order valence-corrected chi connectivity index (χ3v) is 5.51. The molecule has 0 bridgehead atoms. The van der Waals surface area contributed by atoms with Crippen LogP contribution in [0.2, 0.25) is 0 Å². The Labute approximate surface area is 159 Å². The number of carbonyl (C=O) groups excluding carboxylic acids is 1. The zero-order chi connectivity index (χ0) is 19.2. The van der Waals surface area contributed by atoms with Crippen LogP contribution < -0.4 is 0 Å². The Hall–Kier alpha value is -2.09. The van der Waals surface area contributed by atoms with Crippen molar-refractivity contribution in [3.8, 4) is 0 Å². The molecule has 2 heteroatoms. The van der Waals surface area contributed by atoms with E-state index in [2.05, 4.69) is 48.5 Å². The van der Waals surface area contributed by atoms with E-state index in [9.17, 15) is 4.79 Å². The van der Waals surface area contributed by atoms with Gasteiger partial charge in [-0.05, 0) is 41.5 Å². The van der Waals surface area contributed by atoms with E-state index in [1.165, 1.54) is 22.3 Å². The van der Waals surface area contributed by atoms with E-state index >= 15 is 0 Å². The minimum atomic E-state index is 0.0946. The third-order valence-electron chi connectivity index (χ3n) is 5.51. The van der Waals surface area contributed by atoms with Gasteiger partial charge in [0.25, 0.3) is 0 Å². The van der Waals surface area contributed by atoms with Gasteiger partial charge in [-0.15, -0.1) is 0 Å². The van der Waals surface area contributed by atoms with Crippen LogP contribution in [0.25, 0.3) is 0 Å². The van der Waals surface area contributed by atoms with Crippen LogP contribution in [0.3, 0.4) is 0 Å². The first kappa shape index (κ1) is 20.2. The summed E-state index contributed by atoms with van der Waals surface area (Å²) in [6.45, 7) is 11.4. The van der Waals surface area contributed by atoms with Crippen LogP contribution in [0.15, 0.2) is 48.5 Å². The summed E-state index contributed by atoms with van der Waals surface area (Å²) in [7, 11) is 0. The molecular weight excluding hydrogens is 318 g/mol. The molecule has 1 aliphatic heterocycles. The van der Waals surface area contributed by atoms with Gasteiger partial charge in [-0.1, -0.05) is 76.2 Å². The lowest BCUT2D eigenvalue weighted by Crippen LogP contribution is -2.46. The van der Waals surface area contributed by atoms with Crippen molar-refractivity contribution >= 4 is 5.91 Å². The number of hydrogen-bond donors (Lipinski definition) is 0. The molecule has 26 heavy (non-hydrogen) atoms. The Morgan fingerprint density at radius 2 is 1.23 bits per heavy atom. The summed E-state index contributed by atoms with van der Waals surface area (Å²) in [5.74, 6) is 0.201. The topological polar surface area (TPSA) is 20.3 Å². The maximum Gasteiger partial charge on any atom is 0.219 e. The molecule has 0 aromatic heterocycles. The van der Waals surface area contributed by atoms with Gasteiger partial charge >= 0.3 is 0 Å². The molecule has 140 valence electrons. The molecule has 2 nitrogen and oxygen atoms in total. The van der Waals surface area contributed by atoms with Gasteiger partial charge in [-0.25, -0.2) is 0 Å². The number of nitrogens with zero attached hydrogens (tertiary/aromatic N) is 1. The molecule has 0 N–H and O–H groups in total. The molecule has 0 unspecified atom stereocenters. The zero-order valence-corrected chi connectivity index (χ0v) is 17.0. The minimum absolute atomic E-state index is 0.0946. The second-order valence-electron chi connectivity index (χ2n) is 6.58. The first-order valence-corrected chi connectivity index (χ1v) is 10.1. The monoisotopic (exact) mass is 351 g/mol. The largest absolute Gasteiger partial charge is 0.343 e. The van der Waals surface area contributed by atoms with Crippen molar-refractivity contribution < 1.29 is 4.79 Å². The number of piperidine rings is 1. The normalized spacial score (nSPS) is 16.3. The first-order valence-electron chi connectivity index (χ1n) is 10.1. The van der Waals surface area contributed by atoms with Crippen molar-refractivity contribution in [2.24, 2.45) is 0 Å². The fraction of sp³-hybridized carbons (Fsp3) is 0.458. The summed E-state index contributed by atoms with van der Waals surface area (Å²) in [5, 5.41) is 0. The van der Waals surface area contributed by atoms with Crippen LogP contribution in [-0.4, -0.2) is 23.9 Å². The Bertz CT molecular complexity index is 679. The second-order valence-corrected chi connectivity index (χ2v) is 6.58. The SMILES string of the molecule is CC.CC.CC(=O)N1CCC2(CC1)c1ccccc1Cc1ccccc12. The number of fused-ring (bicyclic) bond motifs is 4. The second kappa shape index (κ2) is 9.02. The molecule has 1 spiro atoms. The molecule has 0 radical (unpaired) electrons. The standard InChI is InChI=1S/C20H21NO.2C2H6/c1-15(22)21-12-10-20(11-13-21)18-8-4-2-6-16(18)14-17-7-3-5-9-19(17)20;2*1-2/h2-9H,10-14H2,1H3;2*1-2H3. The van der Waals surface area contributed by atoms with Crippen LogP contribution in [0, 0.1) is 0 Å². The van der Waals surface area contributed by atoms with Gasteiger partial charge in [0.15, 0.2) is 0 Å². The van der Waals surface area contributed by atoms with E-state index in [4.69, 9.17) is 0 Å². The molecule has 1 fully saturated rings. The van der Waals surface area contributed by atoms with Crippen LogP contribution in [0.4, 0.5) is 0 Å². The van der Waals surface area contributed by atoms with Crippen molar-refractivity contribution in [1.29, 1.82) is 0 Å². The molecule has 1 aliphatic carbocycles. The quantitative estimate of drug-likeness (QED) is 0.607. The van der Waals surface area contributed by atoms with Gasteiger partial charge in [-0.2, -0.15) is 0 Å². The highest BCUT2D eigenvalue weighted by Gasteiger charge is 2.42. The van der Waals surface area contributed by atoms with Crippen molar-refractivity contribution in [3.63, 3.8) is 0 Å². The highest BCUT2D eigenvalue weighted by atomic mass is 16.2. The van der Waals surface area contributed by atoms with Crippen molar-refractivity contribution in [1.82, 2.24) is 4.90 Å². The Morgan fingerprint density at radius 1 is 0.808 bits per heavy atom. The first-order chi connectivity index (χ1) is 12.7. The predicted octanol–water partition coefficient (Wildman–Crippen LogP) is 5.57. The smallest absolute Gasteiger partial charge is 0.219 e. The molecule has 2 aromatic carbocycles. The summed E-state index contributed by atoms with van der Waals surface area (Å²) in [6, 6.07) is 17.7. The van der Waals surface area contributed by atoms with E-state index in [0.717, 1.165) is 32.4 Å². The summed E-state index contributed by atoms with van der Waals surface area (Å²) < 4.78 is 0. The van der Waals surface area contributed by atoms with Crippen molar-refractivity contribution in [2.45, 2.75) is 59.3 Å². The highest BCUT2D eigenvalue weighted by molar-refractivity contribution is 5.73. The molecule has 2 aliphatic rings. The average molecular weight is 352 g/mol. The maximum atomic E-state index is 11.7. The zero-order valence-electron chi connectivity index (χ0n) is 17.0. The summed E-state index contributed by atoms with van der Waals surface area (Å²) in [4.78, 5) is 13.7. The summed E-state index contributed by atoms with van der Waals surface area (Å²) in [6.07, 6.45) is 3.09. The van der Waals surface area contributed by atoms with Crippen LogP contribution in [0.1, 0.15) is 69.7 Å². The lowest BCUT2D eigenvalue weighted by Gasteiger charge is -2.46. The van der Waals surface area contributed by atoms with Crippen molar-refractivity contribution in [3.05, 3.63) is 70.8 Å². The lowest BCUT2D eigenvalue weighted by molar-refractivity contribution is -0.130. The number of benzene rings is 2. The predicted molar refractivity (Wildman–Crippen MR) is 111 cm³/mol. The molecular formula is C24H33NO. The van der Waals surface area contributed by atoms with Gasteiger partial charge < -0.3 is 4.90 Å². The van der Waals surface area contributed by atoms with E-state index in [-0.39, 0.29) is 11.3 Å². The highest BCUT2D eigenvalue weighted by Crippen LogP contribution is 2.47. The maximum absolute atomic E-state index is 11.7. The summed E-state index contributed by atoms with van der Waals surface area (Å²) in [5.41, 5.74) is 5.97. The van der Waals surface area contributed by atoms with Crippen LogP contribution in [-0.2, 0) is 16.6 Å². The van der Waals surface area contributed by atoms with Crippen LogP contribution in [0.5, 0.6) is 0 Å². The van der Waals surface area contributed by atoms with Gasteiger partial charge in [-0.3, -0.25) is 4.79 Å². The fourth-order valence-corrected chi connectivity index (χ4v) is 4.37. The van der Waals surface area contributed by atoms with Gasteiger partial charge in [0.2, 0.25) is 5.91 Å². The van der Waals surface area contributed by atoms with Gasteiger partial charge in [0.1, 0.15) is 0 Å².